The molecule has 3 aromatic rings. The van der Waals surface area contributed by atoms with Crippen LogP contribution < -0.4 is 10.6 Å². The van der Waals surface area contributed by atoms with Crippen LogP contribution >= 0.6 is 0 Å². The predicted molar refractivity (Wildman–Crippen MR) is 107 cm³/mol. The van der Waals surface area contributed by atoms with E-state index in [0.717, 1.165) is 33.7 Å². The van der Waals surface area contributed by atoms with Crippen molar-refractivity contribution in [3.63, 3.8) is 0 Å². The van der Waals surface area contributed by atoms with E-state index in [2.05, 4.69) is 23.1 Å². The minimum absolute atomic E-state index is 0.426. The number of carbonyl (C=O) groups excluding carboxylic acids is 1. The summed E-state index contributed by atoms with van der Waals surface area (Å²) >= 11 is 0. The first kappa shape index (κ1) is 17.5. The Labute approximate surface area is 152 Å². The standard InChI is InChI=1S/C21H22N4O/c1-12(2)25(13(3)4)16-8-6-15(7-9-16)21-23-18-11-14(5)10-17(20(22)26)19(18)24-21/h6-11H,1,3H2,2,4-5H3,(H2,22,26)(H,23,24). The van der Waals surface area contributed by atoms with Gasteiger partial charge in [-0.25, -0.2) is 4.98 Å². The Morgan fingerprint density at radius 1 is 1.12 bits per heavy atom. The van der Waals surface area contributed by atoms with Gasteiger partial charge in [0.15, 0.2) is 0 Å². The van der Waals surface area contributed by atoms with E-state index in [-0.39, 0.29) is 0 Å². The number of nitrogens with zero attached hydrogens (tertiary/aromatic N) is 2. The third-order valence-corrected chi connectivity index (χ3v) is 4.16. The summed E-state index contributed by atoms with van der Waals surface area (Å²) in [5.74, 6) is 0.211. The molecule has 3 N–H and O–H groups in total. The Hall–Kier alpha value is -3.34. The molecule has 1 amide bonds. The fraction of sp³-hybridized carbons (Fsp3) is 0.143. The molecule has 26 heavy (non-hydrogen) atoms. The highest BCUT2D eigenvalue weighted by Gasteiger charge is 2.14. The zero-order chi connectivity index (χ0) is 19.0. The number of hydrogen-bond donors (Lipinski definition) is 2. The first-order valence-electron chi connectivity index (χ1n) is 8.29. The number of amides is 1. The number of allylic oxidation sites excluding steroid dienone is 2. The molecule has 1 aromatic heterocycles. The van der Waals surface area contributed by atoms with Gasteiger partial charge in [0.1, 0.15) is 11.3 Å². The summed E-state index contributed by atoms with van der Waals surface area (Å²) in [5, 5.41) is 0. The van der Waals surface area contributed by atoms with Gasteiger partial charge >= 0.3 is 0 Å². The SMILES string of the molecule is C=C(C)N(C(=C)C)c1ccc(-c2nc3c(C(N)=O)cc(C)cc3[nH]2)cc1. The molecule has 0 aliphatic heterocycles. The van der Waals surface area contributed by atoms with E-state index in [1.54, 1.807) is 6.07 Å². The van der Waals surface area contributed by atoms with E-state index in [9.17, 15) is 4.79 Å². The molecule has 5 heteroatoms. The lowest BCUT2D eigenvalue weighted by atomic mass is 10.1. The van der Waals surface area contributed by atoms with Crippen molar-refractivity contribution in [3.05, 3.63) is 72.1 Å². The molecular weight excluding hydrogens is 324 g/mol. The summed E-state index contributed by atoms with van der Waals surface area (Å²) in [6, 6.07) is 11.6. The number of aromatic nitrogens is 2. The molecule has 132 valence electrons. The summed E-state index contributed by atoms with van der Waals surface area (Å²) < 4.78 is 0. The zero-order valence-corrected chi connectivity index (χ0v) is 15.3. The van der Waals surface area contributed by atoms with Crippen LogP contribution in [0, 0.1) is 6.92 Å². The highest BCUT2D eigenvalue weighted by molar-refractivity contribution is 6.05. The lowest BCUT2D eigenvalue weighted by Crippen LogP contribution is -2.16. The summed E-state index contributed by atoms with van der Waals surface area (Å²) in [6.45, 7) is 13.8. The number of aryl methyl sites for hydroxylation is 1. The molecule has 0 bridgehead atoms. The third-order valence-electron chi connectivity index (χ3n) is 4.16. The Morgan fingerprint density at radius 2 is 1.73 bits per heavy atom. The van der Waals surface area contributed by atoms with Crippen molar-refractivity contribution in [1.29, 1.82) is 0 Å². The maximum Gasteiger partial charge on any atom is 0.250 e. The largest absolute Gasteiger partial charge is 0.366 e. The van der Waals surface area contributed by atoms with Gasteiger partial charge in [0.2, 0.25) is 0 Å². The van der Waals surface area contributed by atoms with Crippen LogP contribution in [0.2, 0.25) is 0 Å². The molecule has 1 heterocycles. The molecule has 0 spiro atoms. The van der Waals surface area contributed by atoms with Crippen LogP contribution in [-0.2, 0) is 0 Å². The van der Waals surface area contributed by atoms with E-state index in [0.29, 0.717) is 16.9 Å². The minimum Gasteiger partial charge on any atom is -0.366 e. The number of nitrogens with two attached hydrogens (primary N) is 1. The number of anilines is 1. The topological polar surface area (TPSA) is 75.0 Å². The van der Waals surface area contributed by atoms with Crippen LogP contribution in [0.15, 0.2) is 61.0 Å². The van der Waals surface area contributed by atoms with Crippen molar-refractivity contribution in [3.8, 4) is 11.4 Å². The summed E-state index contributed by atoms with van der Waals surface area (Å²) in [6.07, 6.45) is 0. The molecule has 0 aliphatic carbocycles. The van der Waals surface area contributed by atoms with E-state index < -0.39 is 5.91 Å². The van der Waals surface area contributed by atoms with Gasteiger partial charge in [-0.2, -0.15) is 0 Å². The highest BCUT2D eigenvalue weighted by atomic mass is 16.1. The number of nitrogens with one attached hydrogen (secondary N) is 1. The maximum atomic E-state index is 11.7. The van der Waals surface area contributed by atoms with Crippen molar-refractivity contribution in [2.75, 3.05) is 4.90 Å². The van der Waals surface area contributed by atoms with Crippen LogP contribution in [0.4, 0.5) is 5.69 Å². The lowest BCUT2D eigenvalue weighted by Gasteiger charge is -2.24. The average molecular weight is 346 g/mol. The summed E-state index contributed by atoms with van der Waals surface area (Å²) in [7, 11) is 0. The second-order valence-corrected chi connectivity index (χ2v) is 6.51. The molecule has 0 radical (unpaired) electrons. The molecular formula is C21H22N4O. The first-order valence-corrected chi connectivity index (χ1v) is 8.29. The summed E-state index contributed by atoms with van der Waals surface area (Å²) in [5.41, 5.74) is 12.0. The van der Waals surface area contributed by atoms with Gasteiger partial charge in [-0.3, -0.25) is 4.79 Å². The molecule has 0 fully saturated rings. The quantitative estimate of drug-likeness (QED) is 0.713. The van der Waals surface area contributed by atoms with Crippen LogP contribution in [0.1, 0.15) is 29.8 Å². The van der Waals surface area contributed by atoms with E-state index in [1.807, 2.05) is 56.0 Å². The third kappa shape index (κ3) is 3.11. The minimum atomic E-state index is -0.481. The Kier molecular flexibility index (Phi) is 4.38. The fourth-order valence-corrected chi connectivity index (χ4v) is 3.12. The van der Waals surface area contributed by atoms with Gasteiger partial charge < -0.3 is 15.6 Å². The van der Waals surface area contributed by atoms with E-state index >= 15 is 0 Å². The molecule has 0 aliphatic rings. The first-order chi connectivity index (χ1) is 12.3. The zero-order valence-electron chi connectivity index (χ0n) is 15.3. The molecule has 0 atom stereocenters. The van der Waals surface area contributed by atoms with Crippen LogP contribution in [0.3, 0.4) is 0 Å². The van der Waals surface area contributed by atoms with Gasteiger partial charge in [0, 0.05) is 22.6 Å². The number of aromatic amines is 1. The number of carbonyl (C=O) groups is 1. The van der Waals surface area contributed by atoms with Crippen molar-refractivity contribution in [2.24, 2.45) is 5.73 Å². The maximum absolute atomic E-state index is 11.7. The molecule has 2 aromatic carbocycles. The Bertz CT molecular complexity index is 1010. The second kappa shape index (κ2) is 6.52. The van der Waals surface area contributed by atoms with Gasteiger partial charge in [-0.05, 0) is 62.7 Å². The van der Waals surface area contributed by atoms with E-state index in [4.69, 9.17) is 5.73 Å². The number of primary amides is 1. The molecule has 3 rings (SSSR count). The fourth-order valence-electron chi connectivity index (χ4n) is 3.12. The molecule has 0 saturated carbocycles. The average Bonchev–Trinajstić information content (AvgIpc) is 2.97. The Balaban J connectivity index is 2.05. The number of benzene rings is 2. The number of imidazole rings is 1. The van der Waals surface area contributed by atoms with Crippen molar-refractivity contribution in [1.82, 2.24) is 9.97 Å². The van der Waals surface area contributed by atoms with E-state index in [1.165, 1.54) is 0 Å². The van der Waals surface area contributed by atoms with Crippen molar-refractivity contribution in [2.45, 2.75) is 20.8 Å². The van der Waals surface area contributed by atoms with Gasteiger partial charge in [-0.1, -0.05) is 13.2 Å². The van der Waals surface area contributed by atoms with Crippen molar-refractivity contribution >= 4 is 22.6 Å². The number of fused-ring (bicyclic) bond motifs is 1. The van der Waals surface area contributed by atoms with Crippen LogP contribution in [-0.4, -0.2) is 15.9 Å². The number of hydrogen-bond acceptors (Lipinski definition) is 3. The highest BCUT2D eigenvalue weighted by Crippen LogP contribution is 2.28. The number of rotatable bonds is 5. The summed E-state index contributed by atoms with van der Waals surface area (Å²) in [4.78, 5) is 21.5. The number of H-pyrrole nitrogens is 1. The molecule has 5 nitrogen and oxygen atoms in total. The second-order valence-electron chi connectivity index (χ2n) is 6.51. The van der Waals surface area contributed by atoms with Crippen molar-refractivity contribution < 1.29 is 4.79 Å². The predicted octanol–water partition coefficient (Wildman–Crippen LogP) is 4.51. The van der Waals surface area contributed by atoms with Gasteiger partial charge in [-0.15, -0.1) is 0 Å². The molecule has 0 saturated heterocycles. The molecule has 0 unspecified atom stereocenters. The lowest BCUT2D eigenvalue weighted by molar-refractivity contribution is 0.100. The Morgan fingerprint density at radius 3 is 2.27 bits per heavy atom. The smallest absolute Gasteiger partial charge is 0.250 e. The van der Waals surface area contributed by atoms with Gasteiger partial charge in [0.05, 0.1) is 11.1 Å². The normalized spacial score (nSPS) is 10.7. The van der Waals surface area contributed by atoms with Crippen LogP contribution in [0.25, 0.3) is 22.4 Å². The monoisotopic (exact) mass is 346 g/mol. The van der Waals surface area contributed by atoms with Gasteiger partial charge in [0.25, 0.3) is 5.91 Å². The van der Waals surface area contributed by atoms with Crippen LogP contribution in [0.5, 0.6) is 0 Å².